The Hall–Kier alpha value is -2.44. The van der Waals surface area contributed by atoms with Gasteiger partial charge in [0.15, 0.2) is 11.5 Å². The quantitative estimate of drug-likeness (QED) is 0.792. The van der Waals surface area contributed by atoms with Crippen LogP contribution in [0.3, 0.4) is 0 Å². The van der Waals surface area contributed by atoms with Gasteiger partial charge in [-0.3, -0.25) is 0 Å². The molecule has 0 unspecified atom stereocenters. The average Bonchev–Trinajstić information content (AvgIpc) is 3.01. The van der Waals surface area contributed by atoms with Crippen LogP contribution in [0.1, 0.15) is 35.6 Å². The van der Waals surface area contributed by atoms with Crippen LogP contribution in [0, 0.1) is 20.8 Å². The lowest BCUT2D eigenvalue weighted by Crippen LogP contribution is -2.08. The Morgan fingerprint density at radius 2 is 2.05 bits per heavy atom. The molecule has 21 heavy (non-hydrogen) atoms. The molecule has 0 aliphatic heterocycles. The molecule has 0 bridgehead atoms. The zero-order valence-corrected chi connectivity index (χ0v) is 12.6. The standard InChI is InChI=1S/C14H18N6O/c1-5-11-6-13(15-7-12-16-10(4)21-19-12)20-14(17-11)8(2)9(3)18-20/h6,15H,5,7H2,1-4H3. The Kier molecular flexibility index (Phi) is 3.32. The van der Waals surface area contributed by atoms with Crippen molar-refractivity contribution in [1.29, 1.82) is 0 Å². The molecule has 7 nitrogen and oxygen atoms in total. The van der Waals surface area contributed by atoms with Crippen LogP contribution in [-0.2, 0) is 13.0 Å². The minimum absolute atomic E-state index is 0.484. The second-order valence-corrected chi connectivity index (χ2v) is 5.02. The molecule has 7 heteroatoms. The monoisotopic (exact) mass is 286 g/mol. The third kappa shape index (κ3) is 2.46. The van der Waals surface area contributed by atoms with Gasteiger partial charge in [0.05, 0.1) is 12.2 Å². The molecule has 3 aromatic heterocycles. The van der Waals surface area contributed by atoms with E-state index in [4.69, 9.17) is 4.52 Å². The van der Waals surface area contributed by atoms with Crippen molar-refractivity contribution in [3.05, 3.63) is 34.7 Å². The van der Waals surface area contributed by atoms with Crippen molar-refractivity contribution in [3.63, 3.8) is 0 Å². The summed E-state index contributed by atoms with van der Waals surface area (Å²) in [4.78, 5) is 8.83. The fraction of sp³-hybridized carbons (Fsp3) is 0.429. The summed E-state index contributed by atoms with van der Waals surface area (Å²) in [6.45, 7) is 8.37. The maximum absolute atomic E-state index is 4.97. The molecule has 110 valence electrons. The lowest BCUT2D eigenvalue weighted by molar-refractivity contribution is 0.388. The minimum Gasteiger partial charge on any atom is -0.362 e. The number of aromatic nitrogens is 5. The third-order valence-corrected chi connectivity index (χ3v) is 3.47. The Labute approximate surface area is 122 Å². The predicted octanol–water partition coefficient (Wildman–Crippen LogP) is 2.21. The van der Waals surface area contributed by atoms with Crippen molar-refractivity contribution >= 4 is 11.5 Å². The molecule has 3 heterocycles. The molecule has 0 amide bonds. The number of aryl methyl sites for hydroxylation is 4. The Bertz CT molecular complexity index is 788. The second kappa shape index (κ2) is 5.16. The van der Waals surface area contributed by atoms with Gasteiger partial charge >= 0.3 is 0 Å². The van der Waals surface area contributed by atoms with Crippen molar-refractivity contribution < 1.29 is 4.52 Å². The van der Waals surface area contributed by atoms with E-state index in [0.717, 1.165) is 34.8 Å². The van der Waals surface area contributed by atoms with Gasteiger partial charge in [0.2, 0.25) is 5.89 Å². The molecule has 0 aliphatic rings. The van der Waals surface area contributed by atoms with Crippen LogP contribution in [0.15, 0.2) is 10.6 Å². The average molecular weight is 286 g/mol. The van der Waals surface area contributed by atoms with Gasteiger partial charge < -0.3 is 9.84 Å². The first kappa shape index (κ1) is 13.5. The van der Waals surface area contributed by atoms with E-state index in [-0.39, 0.29) is 0 Å². The fourth-order valence-corrected chi connectivity index (χ4v) is 2.17. The Morgan fingerprint density at radius 3 is 2.71 bits per heavy atom. The highest BCUT2D eigenvalue weighted by Crippen LogP contribution is 2.19. The van der Waals surface area contributed by atoms with E-state index in [1.54, 1.807) is 6.92 Å². The number of hydrogen-bond donors (Lipinski definition) is 1. The molecule has 0 spiro atoms. The van der Waals surface area contributed by atoms with E-state index in [1.807, 2.05) is 24.4 Å². The largest absolute Gasteiger partial charge is 0.362 e. The van der Waals surface area contributed by atoms with Gasteiger partial charge in [0.1, 0.15) is 5.82 Å². The summed E-state index contributed by atoms with van der Waals surface area (Å²) in [7, 11) is 0. The normalized spacial score (nSPS) is 11.2. The highest BCUT2D eigenvalue weighted by molar-refractivity contribution is 5.56. The summed E-state index contributed by atoms with van der Waals surface area (Å²) in [5, 5.41) is 11.7. The lowest BCUT2D eigenvalue weighted by Gasteiger charge is -2.08. The van der Waals surface area contributed by atoms with Crippen molar-refractivity contribution in [1.82, 2.24) is 24.7 Å². The fourth-order valence-electron chi connectivity index (χ4n) is 2.17. The molecule has 0 fully saturated rings. The van der Waals surface area contributed by atoms with Crippen molar-refractivity contribution in [2.75, 3.05) is 5.32 Å². The first-order chi connectivity index (χ1) is 10.1. The molecule has 0 atom stereocenters. The predicted molar refractivity (Wildman–Crippen MR) is 78.2 cm³/mol. The second-order valence-electron chi connectivity index (χ2n) is 5.02. The molecule has 0 aromatic carbocycles. The molecule has 1 N–H and O–H groups in total. The third-order valence-electron chi connectivity index (χ3n) is 3.47. The maximum Gasteiger partial charge on any atom is 0.223 e. The van der Waals surface area contributed by atoms with Gasteiger partial charge in [-0.1, -0.05) is 12.1 Å². The van der Waals surface area contributed by atoms with E-state index >= 15 is 0 Å². The van der Waals surface area contributed by atoms with Crippen LogP contribution in [-0.4, -0.2) is 24.7 Å². The number of hydrogen-bond acceptors (Lipinski definition) is 6. The zero-order valence-electron chi connectivity index (χ0n) is 12.6. The summed E-state index contributed by atoms with van der Waals surface area (Å²) < 4.78 is 6.80. The number of nitrogens with zero attached hydrogens (tertiary/aromatic N) is 5. The first-order valence-electron chi connectivity index (χ1n) is 6.97. The first-order valence-corrected chi connectivity index (χ1v) is 6.97. The molecular formula is C14H18N6O. The number of anilines is 1. The van der Waals surface area contributed by atoms with Gasteiger partial charge in [-0.15, -0.1) is 0 Å². The number of nitrogens with one attached hydrogen (secondary N) is 1. The zero-order chi connectivity index (χ0) is 15.0. The van der Waals surface area contributed by atoms with E-state index in [1.165, 1.54) is 0 Å². The van der Waals surface area contributed by atoms with Crippen molar-refractivity contribution in [2.24, 2.45) is 0 Å². The summed E-state index contributed by atoms with van der Waals surface area (Å²) in [6.07, 6.45) is 0.871. The van der Waals surface area contributed by atoms with Crippen molar-refractivity contribution in [2.45, 2.75) is 40.7 Å². The van der Waals surface area contributed by atoms with E-state index in [0.29, 0.717) is 18.3 Å². The summed E-state index contributed by atoms with van der Waals surface area (Å²) in [5.74, 6) is 2.07. The smallest absolute Gasteiger partial charge is 0.223 e. The van der Waals surface area contributed by atoms with Gasteiger partial charge in [-0.05, 0) is 20.3 Å². The molecule has 3 aromatic rings. The number of fused-ring (bicyclic) bond motifs is 1. The lowest BCUT2D eigenvalue weighted by atomic mass is 10.2. The molecule has 0 saturated heterocycles. The van der Waals surface area contributed by atoms with Gasteiger partial charge in [-0.2, -0.15) is 14.6 Å². The molecule has 0 radical (unpaired) electrons. The van der Waals surface area contributed by atoms with E-state index in [2.05, 4.69) is 32.5 Å². The molecule has 3 rings (SSSR count). The van der Waals surface area contributed by atoms with Crippen LogP contribution in [0.5, 0.6) is 0 Å². The summed E-state index contributed by atoms with van der Waals surface area (Å²) in [6, 6.07) is 2.01. The topological polar surface area (TPSA) is 81.1 Å². The molecular weight excluding hydrogens is 268 g/mol. The summed E-state index contributed by atoms with van der Waals surface area (Å²) >= 11 is 0. The Balaban J connectivity index is 1.98. The van der Waals surface area contributed by atoms with E-state index in [9.17, 15) is 0 Å². The van der Waals surface area contributed by atoms with E-state index < -0.39 is 0 Å². The van der Waals surface area contributed by atoms with Gasteiger partial charge in [0, 0.05) is 24.2 Å². The van der Waals surface area contributed by atoms with Crippen molar-refractivity contribution in [3.8, 4) is 0 Å². The van der Waals surface area contributed by atoms with Crippen LogP contribution in [0.2, 0.25) is 0 Å². The maximum atomic E-state index is 4.97. The van der Waals surface area contributed by atoms with Crippen LogP contribution < -0.4 is 5.32 Å². The minimum atomic E-state index is 0.484. The molecule has 0 saturated carbocycles. The molecule has 0 aliphatic carbocycles. The highest BCUT2D eigenvalue weighted by Gasteiger charge is 2.12. The van der Waals surface area contributed by atoms with Crippen LogP contribution >= 0.6 is 0 Å². The Morgan fingerprint density at radius 1 is 1.24 bits per heavy atom. The summed E-state index contributed by atoms with van der Waals surface area (Å²) in [5.41, 5.74) is 3.99. The van der Waals surface area contributed by atoms with Gasteiger partial charge in [0.25, 0.3) is 0 Å². The number of rotatable bonds is 4. The highest BCUT2D eigenvalue weighted by atomic mass is 16.5. The van der Waals surface area contributed by atoms with Crippen LogP contribution in [0.4, 0.5) is 5.82 Å². The van der Waals surface area contributed by atoms with Crippen LogP contribution in [0.25, 0.3) is 5.65 Å². The van der Waals surface area contributed by atoms with Gasteiger partial charge in [-0.25, -0.2) is 4.98 Å². The SMILES string of the molecule is CCc1cc(NCc2noc(C)n2)n2nc(C)c(C)c2n1.